The lowest BCUT2D eigenvalue weighted by molar-refractivity contribution is 0.0681. The molecule has 2 fully saturated rings. The molecule has 0 aromatic heterocycles. The van der Waals surface area contributed by atoms with E-state index >= 15 is 0 Å². The lowest BCUT2D eigenvalue weighted by Gasteiger charge is -2.36. The van der Waals surface area contributed by atoms with Crippen LogP contribution in [0, 0.1) is 17.3 Å². The first kappa shape index (κ1) is 13.6. The Balaban J connectivity index is 1.47. The zero-order chi connectivity index (χ0) is 13.1. The van der Waals surface area contributed by atoms with E-state index in [1.54, 1.807) is 0 Å². The van der Waals surface area contributed by atoms with Gasteiger partial charge in [-0.25, -0.2) is 0 Å². The van der Waals surface area contributed by atoms with Crippen molar-refractivity contribution in [1.82, 2.24) is 0 Å². The Bertz CT molecular complexity index is 405. The van der Waals surface area contributed by atoms with Crippen molar-refractivity contribution < 1.29 is 4.74 Å². The van der Waals surface area contributed by atoms with E-state index in [1.807, 2.05) is 0 Å². The van der Waals surface area contributed by atoms with Gasteiger partial charge in [-0.3, -0.25) is 0 Å². The second-order valence-electron chi connectivity index (χ2n) is 6.36. The van der Waals surface area contributed by atoms with E-state index < -0.39 is 0 Å². The highest BCUT2D eigenvalue weighted by atomic mass is 79.9. The minimum absolute atomic E-state index is 0.541. The average molecular weight is 323 g/mol. The van der Waals surface area contributed by atoms with Gasteiger partial charge in [0.05, 0.1) is 6.61 Å². The van der Waals surface area contributed by atoms with Gasteiger partial charge in [-0.2, -0.15) is 0 Å². The molecule has 2 heteroatoms. The van der Waals surface area contributed by atoms with Crippen molar-refractivity contribution in [3.63, 3.8) is 0 Å². The Kier molecular flexibility index (Phi) is 4.28. The summed E-state index contributed by atoms with van der Waals surface area (Å²) < 4.78 is 5.90. The number of hydrogen-bond acceptors (Lipinski definition) is 1. The third-order valence-electron chi connectivity index (χ3n) is 5.22. The normalized spacial score (nSPS) is 32.9. The van der Waals surface area contributed by atoms with Gasteiger partial charge in [0, 0.05) is 11.9 Å². The number of rotatable bonds is 6. The topological polar surface area (TPSA) is 9.23 Å². The summed E-state index contributed by atoms with van der Waals surface area (Å²) in [7, 11) is 0. The van der Waals surface area contributed by atoms with Crippen LogP contribution >= 0.6 is 15.9 Å². The molecule has 2 bridgehead atoms. The molecule has 2 saturated carbocycles. The van der Waals surface area contributed by atoms with Gasteiger partial charge in [0.1, 0.15) is 0 Å². The van der Waals surface area contributed by atoms with Gasteiger partial charge in [0.15, 0.2) is 0 Å². The van der Waals surface area contributed by atoms with Crippen molar-refractivity contribution >= 4 is 15.9 Å². The molecule has 0 amide bonds. The van der Waals surface area contributed by atoms with E-state index in [4.69, 9.17) is 4.74 Å². The molecule has 3 unspecified atom stereocenters. The van der Waals surface area contributed by atoms with E-state index in [-0.39, 0.29) is 0 Å². The highest BCUT2D eigenvalue weighted by Crippen LogP contribution is 2.58. The van der Waals surface area contributed by atoms with Crippen LogP contribution in [0.2, 0.25) is 0 Å². The third kappa shape index (κ3) is 2.90. The molecule has 1 aromatic rings. The van der Waals surface area contributed by atoms with E-state index in [9.17, 15) is 0 Å². The molecule has 0 aliphatic heterocycles. The van der Waals surface area contributed by atoms with Crippen LogP contribution in [-0.2, 0) is 11.3 Å². The van der Waals surface area contributed by atoms with Gasteiger partial charge in [-0.1, -0.05) is 52.7 Å². The van der Waals surface area contributed by atoms with Crippen LogP contribution in [0.5, 0.6) is 0 Å². The number of benzene rings is 1. The van der Waals surface area contributed by atoms with Gasteiger partial charge in [0.2, 0.25) is 0 Å². The summed E-state index contributed by atoms with van der Waals surface area (Å²) in [5.74, 6) is 1.97. The Labute approximate surface area is 124 Å². The van der Waals surface area contributed by atoms with Gasteiger partial charge >= 0.3 is 0 Å². The summed E-state index contributed by atoms with van der Waals surface area (Å²) in [5, 5.41) is 1.16. The molecule has 0 heterocycles. The Morgan fingerprint density at radius 3 is 2.68 bits per heavy atom. The lowest BCUT2D eigenvalue weighted by Crippen LogP contribution is -2.31. The van der Waals surface area contributed by atoms with Crippen molar-refractivity contribution in [2.24, 2.45) is 17.3 Å². The smallest absolute Gasteiger partial charge is 0.0716 e. The largest absolute Gasteiger partial charge is 0.377 e. The first-order valence-electron chi connectivity index (χ1n) is 7.50. The molecule has 19 heavy (non-hydrogen) atoms. The van der Waals surface area contributed by atoms with Crippen molar-refractivity contribution in [2.75, 3.05) is 11.9 Å². The van der Waals surface area contributed by atoms with E-state index in [0.717, 1.165) is 30.4 Å². The molecule has 3 rings (SSSR count). The molecule has 104 valence electrons. The predicted octanol–water partition coefficient (Wildman–Crippen LogP) is 4.79. The molecule has 3 atom stereocenters. The fourth-order valence-electron chi connectivity index (χ4n) is 4.13. The maximum atomic E-state index is 5.90. The summed E-state index contributed by atoms with van der Waals surface area (Å²) in [4.78, 5) is 0. The second-order valence-corrected chi connectivity index (χ2v) is 6.93. The zero-order valence-electron chi connectivity index (χ0n) is 11.5. The van der Waals surface area contributed by atoms with Gasteiger partial charge in [0.25, 0.3) is 0 Å². The van der Waals surface area contributed by atoms with Crippen LogP contribution in [-0.4, -0.2) is 11.9 Å². The SMILES string of the molecule is BrCC1(CCOCc2ccccc2)CC2CCC1C2. The van der Waals surface area contributed by atoms with Gasteiger partial charge < -0.3 is 4.74 Å². The van der Waals surface area contributed by atoms with Crippen LogP contribution in [0.4, 0.5) is 0 Å². The van der Waals surface area contributed by atoms with Crippen LogP contribution in [0.25, 0.3) is 0 Å². The maximum Gasteiger partial charge on any atom is 0.0716 e. The summed E-state index contributed by atoms with van der Waals surface area (Å²) in [6.07, 6.45) is 7.06. The van der Waals surface area contributed by atoms with Crippen molar-refractivity contribution in [3.05, 3.63) is 35.9 Å². The standard InChI is InChI=1S/C17H23BrO/c18-13-17(11-15-6-7-16(17)10-15)8-9-19-12-14-4-2-1-3-5-14/h1-5,15-16H,6-13H2. The van der Waals surface area contributed by atoms with Gasteiger partial charge in [-0.05, 0) is 48.5 Å². The molecule has 2 aliphatic rings. The summed E-state index contributed by atoms with van der Waals surface area (Å²) >= 11 is 3.78. The Morgan fingerprint density at radius 1 is 1.21 bits per heavy atom. The fourth-order valence-corrected chi connectivity index (χ4v) is 5.10. The summed E-state index contributed by atoms with van der Waals surface area (Å²) in [6.45, 7) is 1.66. The summed E-state index contributed by atoms with van der Waals surface area (Å²) in [6, 6.07) is 10.5. The fraction of sp³-hybridized carbons (Fsp3) is 0.647. The Hall–Kier alpha value is -0.340. The van der Waals surface area contributed by atoms with E-state index in [0.29, 0.717) is 5.41 Å². The van der Waals surface area contributed by atoms with Crippen molar-refractivity contribution in [2.45, 2.75) is 38.7 Å². The molecule has 0 saturated heterocycles. The van der Waals surface area contributed by atoms with Gasteiger partial charge in [-0.15, -0.1) is 0 Å². The predicted molar refractivity (Wildman–Crippen MR) is 82.4 cm³/mol. The van der Waals surface area contributed by atoms with Crippen molar-refractivity contribution in [1.29, 1.82) is 0 Å². The van der Waals surface area contributed by atoms with E-state index in [2.05, 4.69) is 46.3 Å². The highest BCUT2D eigenvalue weighted by Gasteiger charge is 2.49. The van der Waals surface area contributed by atoms with Crippen LogP contribution < -0.4 is 0 Å². The molecule has 2 aliphatic carbocycles. The lowest BCUT2D eigenvalue weighted by atomic mass is 9.72. The minimum atomic E-state index is 0.541. The monoisotopic (exact) mass is 322 g/mol. The number of alkyl halides is 1. The zero-order valence-corrected chi connectivity index (χ0v) is 13.1. The summed E-state index contributed by atoms with van der Waals surface area (Å²) in [5.41, 5.74) is 1.82. The quantitative estimate of drug-likeness (QED) is 0.540. The second kappa shape index (κ2) is 5.97. The van der Waals surface area contributed by atoms with Crippen LogP contribution in [0.15, 0.2) is 30.3 Å². The molecule has 0 spiro atoms. The average Bonchev–Trinajstić information content (AvgIpc) is 3.06. The first-order valence-corrected chi connectivity index (χ1v) is 8.62. The molecular formula is C17H23BrO. The number of halogens is 1. The van der Waals surface area contributed by atoms with Crippen molar-refractivity contribution in [3.8, 4) is 0 Å². The molecule has 1 aromatic carbocycles. The Morgan fingerprint density at radius 2 is 2.05 bits per heavy atom. The third-order valence-corrected chi connectivity index (χ3v) is 6.34. The highest BCUT2D eigenvalue weighted by molar-refractivity contribution is 9.09. The van der Waals surface area contributed by atoms with E-state index in [1.165, 1.54) is 37.7 Å². The van der Waals surface area contributed by atoms with Crippen LogP contribution in [0.1, 0.15) is 37.7 Å². The number of ether oxygens (including phenoxy) is 1. The first-order chi connectivity index (χ1) is 9.32. The number of hydrogen-bond donors (Lipinski definition) is 0. The molecule has 0 radical (unpaired) electrons. The minimum Gasteiger partial charge on any atom is -0.377 e. The molecule has 0 N–H and O–H groups in total. The maximum absolute atomic E-state index is 5.90. The molecule has 1 nitrogen and oxygen atoms in total. The molecular weight excluding hydrogens is 300 g/mol. The number of fused-ring (bicyclic) bond motifs is 2. The van der Waals surface area contributed by atoms with Crippen LogP contribution in [0.3, 0.4) is 0 Å².